The first-order chi connectivity index (χ1) is 16.9. The number of H-pyrrole nitrogens is 1. The van der Waals surface area contributed by atoms with Gasteiger partial charge in [0.1, 0.15) is 6.10 Å². The molecule has 3 heterocycles. The van der Waals surface area contributed by atoms with Gasteiger partial charge in [0.25, 0.3) is 5.56 Å². The van der Waals surface area contributed by atoms with E-state index in [0.717, 1.165) is 15.7 Å². The van der Waals surface area contributed by atoms with Crippen LogP contribution in [0.3, 0.4) is 0 Å². The maximum atomic E-state index is 12.7. The third kappa shape index (κ3) is 4.26. The van der Waals surface area contributed by atoms with E-state index in [0.29, 0.717) is 18.6 Å². The summed E-state index contributed by atoms with van der Waals surface area (Å²) in [4.78, 5) is 26.9. The Morgan fingerprint density at radius 1 is 1.06 bits per heavy atom. The van der Waals surface area contributed by atoms with Crippen LogP contribution in [0.5, 0.6) is 0 Å². The van der Waals surface area contributed by atoms with Crippen LogP contribution in [-0.4, -0.2) is 45.4 Å². The van der Waals surface area contributed by atoms with Gasteiger partial charge in [0.2, 0.25) is 5.79 Å². The van der Waals surface area contributed by atoms with Crippen molar-refractivity contribution in [1.82, 2.24) is 9.55 Å². The van der Waals surface area contributed by atoms with Crippen molar-refractivity contribution in [2.24, 2.45) is 0 Å². The highest BCUT2D eigenvalue weighted by Crippen LogP contribution is 2.54. The topological polar surface area (TPSA) is 112 Å². The minimum Gasteiger partial charge on any atom is -0.374 e. The highest BCUT2D eigenvalue weighted by atomic mass is 16.7. The lowest BCUT2D eigenvalue weighted by atomic mass is 9.87. The van der Waals surface area contributed by atoms with Crippen molar-refractivity contribution in [2.75, 3.05) is 13.2 Å². The quantitative estimate of drug-likeness (QED) is 0.507. The summed E-state index contributed by atoms with van der Waals surface area (Å²) in [6.45, 7) is 2.43. The van der Waals surface area contributed by atoms with Crippen LogP contribution in [0.2, 0.25) is 0 Å². The lowest BCUT2D eigenvalue weighted by Crippen LogP contribution is -2.58. The lowest BCUT2D eigenvalue weighted by Gasteiger charge is -2.37. The molecule has 0 bridgehead atoms. The lowest BCUT2D eigenvalue weighted by molar-refractivity contribution is -0.282. The molecule has 0 radical (unpaired) electrons. The molecule has 0 spiro atoms. The Morgan fingerprint density at radius 2 is 1.71 bits per heavy atom. The first-order valence-electron chi connectivity index (χ1n) is 11.6. The zero-order valence-electron chi connectivity index (χ0n) is 19.4. The number of benzene rings is 2. The molecule has 5 rings (SSSR count). The van der Waals surface area contributed by atoms with E-state index in [4.69, 9.17) is 18.9 Å². The number of hydrogen-bond donors (Lipinski definition) is 2. The standard InChI is InChI=1S/C26H28N2O7/c1-18-14-28(24(30)27-22(18)29)23-26(31)25(12-13-33-26,34-16-20-10-6-3-7-11-20)21(35-23)17-32-15-19-8-4-2-5-9-19/h2-11,14,21,23,31H,12-13,15-17H2,1H3,(H,27,29,30)/t21-,23-,25-,26-/m1/s1. The summed E-state index contributed by atoms with van der Waals surface area (Å²) >= 11 is 0. The number of aromatic amines is 1. The van der Waals surface area contributed by atoms with Crippen LogP contribution in [0, 0.1) is 6.92 Å². The fourth-order valence-electron chi connectivity index (χ4n) is 4.79. The second kappa shape index (κ2) is 9.52. The molecule has 35 heavy (non-hydrogen) atoms. The molecule has 2 fully saturated rings. The van der Waals surface area contributed by atoms with Gasteiger partial charge in [-0.25, -0.2) is 4.79 Å². The third-order valence-electron chi connectivity index (χ3n) is 6.67. The van der Waals surface area contributed by atoms with Crippen molar-refractivity contribution >= 4 is 0 Å². The average Bonchev–Trinajstić information content (AvgIpc) is 3.32. The summed E-state index contributed by atoms with van der Waals surface area (Å²) in [6.07, 6.45) is -0.287. The summed E-state index contributed by atoms with van der Waals surface area (Å²) in [6, 6.07) is 19.3. The summed E-state index contributed by atoms with van der Waals surface area (Å²) < 4.78 is 25.6. The van der Waals surface area contributed by atoms with Crippen LogP contribution in [0.25, 0.3) is 0 Å². The average molecular weight is 481 g/mol. The Bertz CT molecular complexity index is 1280. The number of aromatic nitrogens is 2. The predicted octanol–water partition coefficient (Wildman–Crippen LogP) is 2.02. The molecule has 0 saturated carbocycles. The maximum absolute atomic E-state index is 12.7. The predicted molar refractivity (Wildman–Crippen MR) is 126 cm³/mol. The van der Waals surface area contributed by atoms with E-state index in [9.17, 15) is 14.7 Å². The molecular formula is C26H28N2O7. The molecule has 2 N–H and O–H groups in total. The van der Waals surface area contributed by atoms with Crippen molar-refractivity contribution in [1.29, 1.82) is 0 Å². The molecule has 9 heteroatoms. The van der Waals surface area contributed by atoms with Crippen LogP contribution < -0.4 is 11.2 Å². The van der Waals surface area contributed by atoms with Gasteiger partial charge >= 0.3 is 5.69 Å². The maximum Gasteiger partial charge on any atom is 0.330 e. The van der Waals surface area contributed by atoms with E-state index in [2.05, 4.69) is 4.98 Å². The van der Waals surface area contributed by atoms with Crippen molar-refractivity contribution in [3.8, 4) is 0 Å². The van der Waals surface area contributed by atoms with Crippen molar-refractivity contribution in [2.45, 2.75) is 50.3 Å². The normalized spacial score (nSPS) is 27.7. The second-order valence-electron chi connectivity index (χ2n) is 8.92. The van der Waals surface area contributed by atoms with E-state index in [1.807, 2.05) is 60.7 Å². The third-order valence-corrected chi connectivity index (χ3v) is 6.67. The summed E-state index contributed by atoms with van der Waals surface area (Å²) in [5, 5.41) is 11.9. The Kier molecular flexibility index (Phi) is 6.43. The van der Waals surface area contributed by atoms with Crippen molar-refractivity contribution in [3.63, 3.8) is 0 Å². The number of nitrogens with zero attached hydrogens (tertiary/aromatic N) is 1. The molecule has 2 aromatic carbocycles. The van der Waals surface area contributed by atoms with Gasteiger partial charge in [0.15, 0.2) is 11.8 Å². The molecule has 3 aromatic rings. The molecule has 184 valence electrons. The number of ether oxygens (including phenoxy) is 4. The van der Waals surface area contributed by atoms with Crippen LogP contribution in [0.15, 0.2) is 76.4 Å². The molecular weight excluding hydrogens is 452 g/mol. The van der Waals surface area contributed by atoms with Crippen LogP contribution >= 0.6 is 0 Å². The molecule has 4 atom stereocenters. The monoisotopic (exact) mass is 480 g/mol. The molecule has 1 aromatic heterocycles. The minimum atomic E-state index is -1.98. The first-order valence-corrected chi connectivity index (χ1v) is 11.6. The number of nitrogens with one attached hydrogen (secondary N) is 1. The van der Waals surface area contributed by atoms with Crippen LogP contribution in [0.4, 0.5) is 0 Å². The second-order valence-corrected chi connectivity index (χ2v) is 8.92. The van der Waals surface area contributed by atoms with Gasteiger partial charge in [-0.3, -0.25) is 14.3 Å². The molecule has 2 aliphatic heterocycles. The van der Waals surface area contributed by atoms with Crippen LogP contribution in [-0.2, 0) is 32.2 Å². The highest BCUT2D eigenvalue weighted by Gasteiger charge is 2.72. The zero-order chi connectivity index (χ0) is 24.5. The van der Waals surface area contributed by atoms with E-state index < -0.39 is 35.0 Å². The fourth-order valence-corrected chi connectivity index (χ4v) is 4.79. The number of rotatable bonds is 8. The van der Waals surface area contributed by atoms with Crippen molar-refractivity contribution < 1.29 is 24.1 Å². The Morgan fingerprint density at radius 3 is 2.40 bits per heavy atom. The van der Waals surface area contributed by atoms with E-state index >= 15 is 0 Å². The van der Waals surface area contributed by atoms with Gasteiger partial charge in [-0.15, -0.1) is 0 Å². The Hall–Kier alpha value is -3.08. The Labute approximate surface area is 201 Å². The SMILES string of the molecule is Cc1cn([C@@H]2O[C@H](COCc3ccccc3)[C@]3(OCc4ccccc4)CCO[C@]23O)c(=O)[nH]c1=O. The highest BCUT2D eigenvalue weighted by molar-refractivity contribution is 5.18. The van der Waals surface area contributed by atoms with Gasteiger partial charge in [-0.2, -0.15) is 0 Å². The van der Waals surface area contributed by atoms with E-state index in [-0.39, 0.29) is 19.8 Å². The molecule has 2 aliphatic rings. The number of aliphatic hydroxyl groups is 1. The Balaban J connectivity index is 1.47. The van der Waals surface area contributed by atoms with Gasteiger partial charge < -0.3 is 24.1 Å². The number of aryl methyl sites for hydroxylation is 1. The molecule has 9 nitrogen and oxygen atoms in total. The van der Waals surface area contributed by atoms with Crippen molar-refractivity contribution in [3.05, 3.63) is 104 Å². The smallest absolute Gasteiger partial charge is 0.330 e. The molecule has 0 aliphatic carbocycles. The minimum absolute atomic E-state index is 0.100. The van der Waals surface area contributed by atoms with Gasteiger partial charge in [0, 0.05) is 18.2 Å². The van der Waals surface area contributed by atoms with Crippen LogP contribution in [0.1, 0.15) is 29.3 Å². The summed E-state index contributed by atoms with van der Waals surface area (Å²) in [7, 11) is 0. The van der Waals surface area contributed by atoms with E-state index in [1.54, 1.807) is 6.92 Å². The molecule has 0 unspecified atom stereocenters. The summed E-state index contributed by atoms with van der Waals surface area (Å²) in [5.74, 6) is -1.98. The molecule has 0 amide bonds. The van der Waals surface area contributed by atoms with Gasteiger partial charge in [0.05, 0.1) is 26.4 Å². The van der Waals surface area contributed by atoms with Gasteiger partial charge in [-0.05, 0) is 18.1 Å². The summed E-state index contributed by atoms with van der Waals surface area (Å²) in [5.41, 5.74) is -0.301. The first kappa shape index (κ1) is 23.7. The fraction of sp³-hybridized carbons (Fsp3) is 0.385. The zero-order valence-corrected chi connectivity index (χ0v) is 19.4. The number of fused-ring (bicyclic) bond motifs is 1. The molecule has 2 saturated heterocycles. The largest absolute Gasteiger partial charge is 0.374 e. The number of hydrogen-bond acceptors (Lipinski definition) is 7. The van der Waals surface area contributed by atoms with Gasteiger partial charge in [-0.1, -0.05) is 60.7 Å². The van der Waals surface area contributed by atoms with E-state index in [1.165, 1.54) is 6.20 Å².